The molecule has 0 bridgehead atoms. The fourth-order valence-electron chi connectivity index (χ4n) is 1.31. The quantitative estimate of drug-likeness (QED) is 0.467. The molecule has 72 valence electrons. The van der Waals surface area contributed by atoms with Crippen LogP contribution in [0, 0.1) is 0 Å². The molecule has 0 radical (unpaired) electrons. The van der Waals surface area contributed by atoms with Crippen LogP contribution in [0.25, 0.3) is 11.0 Å². The van der Waals surface area contributed by atoms with E-state index >= 15 is 0 Å². The first-order valence-electron chi connectivity index (χ1n) is 3.92. The molecule has 0 unspecified atom stereocenters. The van der Waals surface area contributed by atoms with E-state index in [4.69, 9.17) is 17.2 Å². The van der Waals surface area contributed by atoms with Gasteiger partial charge in [-0.05, 0) is 12.1 Å². The summed E-state index contributed by atoms with van der Waals surface area (Å²) in [5.41, 5.74) is 18.0. The van der Waals surface area contributed by atoms with Gasteiger partial charge < -0.3 is 22.2 Å². The number of carbonyl (C=O) groups excluding carboxylic acids is 1. The second kappa shape index (κ2) is 2.63. The number of hydrogen-bond acceptors (Lipinski definition) is 4. The van der Waals surface area contributed by atoms with Gasteiger partial charge in [0.25, 0.3) is 5.91 Å². The van der Waals surface area contributed by atoms with Crippen molar-refractivity contribution in [2.75, 3.05) is 11.5 Å². The lowest BCUT2D eigenvalue weighted by Crippen LogP contribution is -2.13. The predicted molar refractivity (Wildman–Crippen MR) is 53.4 cm³/mol. The zero-order valence-corrected chi connectivity index (χ0v) is 7.24. The summed E-state index contributed by atoms with van der Waals surface area (Å²) in [4.78, 5) is 17.7. The summed E-state index contributed by atoms with van der Waals surface area (Å²) in [6.07, 6.45) is 0. The maximum absolute atomic E-state index is 10.9. The van der Waals surface area contributed by atoms with Crippen molar-refractivity contribution in [2.45, 2.75) is 0 Å². The van der Waals surface area contributed by atoms with Gasteiger partial charge in [0.05, 0.1) is 16.6 Å². The average molecular weight is 191 g/mol. The number of H-pyrrole nitrogens is 1. The van der Waals surface area contributed by atoms with Crippen molar-refractivity contribution in [3.05, 3.63) is 17.7 Å². The molecule has 0 spiro atoms. The molecule has 7 N–H and O–H groups in total. The van der Waals surface area contributed by atoms with Crippen molar-refractivity contribution in [3.8, 4) is 0 Å². The van der Waals surface area contributed by atoms with Gasteiger partial charge in [0.2, 0.25) is 0 Å². The van der Waals surface area contributed by atoms with E-state index in [2.05, 4.69) is 9.97 Å². The van der Waals surface area contributed by atoms with E-state index < -0.39 is 5.91 Å². The molecule has 2 rings (SSSR count). The van der Waals surface area contributed by atoms with Crippen LogP contribution in [-0.4, -0.2) is 15.9 Å². The third kappa shape index (κ3) is 1.13. The van der Waals surface area contributed by atoms with Crippen LogP contribution < -0.4 is 17.2 Å². The number of anilines is 2. The first-order valence-corrected chi connectivity index (χ1v) is 3.92. The number of carbonyl (C=O) groups is 1. The van der Waals surface area contributed by atoms with E-state index in [9.17, 15) is 4.79 Å². The van der Waals surface area contributed by atoms with Crippen molar-refractivity contribution < 1.29 is 4.79 Å². The molecule has 0 fully saturated rings. The summed E-state index contributed by atoms with van der Waals surface area (Å²) in [5, 5.41) is 0. The van der Waals surface area contributed by atoms with E-state index in [1.165, 1.54) is 6.07 Å². The Balaban J connectivity index is 2.76. The topological polar surface area (TPSA) is 124 Å². The number of fused-ring (bicyclic) bond motifs is 1. The van der Waals surface area contributed by atoms with Crippen LogP contribution >= 0.6 is 0 Å². The minimum absolute atomic E-state index is 0.265. The van der Waals surface area contributed by atoms with E-state index in [0.717, 1.165) is 0 Å². The van der Waals surface area contributed by atoms with E-state index in [0.29, 0.717) is 16.7 Å². The molecule has 1 aromatic carbocycles. The van der Waals surface area contributed by atoms with Gasteiger partial charge >= 0.3 is 0 Å². The summed E-state index contributed by atoms with van der Waals surface area (Å²) < 4.78 is 0. The highest BCUT2D eigenvalue weighted by atomic mass is 16.1. The lowest BCUT2D eigenvalue weighted by Gasteiger charge is -1.99. The summed E-state index contributed by atoms with van der Waals surface area (Å²) in [7, 11) is 0. The molecule has 2 aromatic rings. The number of primary amides is 1. The third-order valence-electron chi connectivity index (χ3n) is 1.94. The smallest absolute Gasteiger partial charge is 0.250 e. The number of nitrogens with two attached hydrogens (primary N) is 3. The second-order valence-corrected chi connectivity index (χ2v) is 2.94. The van der Waals surface area contributed by atoms with Crippen molar-refractivity contribution in [2.24, 2.45) is 5.73 Å². The van der Waals surface area contributed by atoms with Gasteiger partial charge in [-0.25, -0.2) is 4.98 Å². The number of imidazole rings is 1. The fraction of sp³-hybridized carbons (Fsp3) is 0. The van der Waals surface area contributed by atoms with Gasteiger partial charge in [-0.1, -0.05) is 0 Å². The maximum Gasteiger partial charge on any atom is 0.250 e. The van der Waals surface area contributed by atoms with Gasteiger partial charge in [-0.3, -0.25) is 4.79 Å². The molecule has 14 heavy (non-hydrogen) atoms. The number of nitrogens with zero attached hydrogens (tertiary/aromatic N) is 1. The highest BCUT2D eigenvalue weighted by Gasteiger charge is 2.09. The van der Waals surface area contributed by atoms with Gasteiger partial charge in [0, 0.05) is 5.69 Å². The number of nitrogens with one attached hydrogen (secondary N) is 1. The van der Waals surface area contributed by atoms with Gasteiger partial charge in [-0.2, -0.15) is 0 Å². The van der Waals surface area contributed by atoms with Crippen LogP contribution in [0.5, 0.6) is 0 Å². The van der Waals surface area contributed by atoms with Crippen molar-refractivity contribution in [3.63, 3.8) is 0 Å². The lowest BCUT2D eigenvalue weighted by atomic mass is 10.1. The van der Waals surface area contributed by atoms with Crippen LogP contribution in [0.2, 0.25) is 0 Å². The molecule has 1 aromatic heterocycles. The number of rotatable bonds is 1. The molecule has 0 saturated heterocycles. The van der Waals surface area contributed by atoms with E-state index in [1.54, 1.807) is 6.07 Å². The lowest BCUT2D eigenvalue weighted by molar-refractivity contribution is 0.100. The van der Waals surface area contributed by atoms with Crippen LogP contribution in [-0.2, 0) is 0 Å². The Labute approximate surface area is 79.1 Å². The minimum Gasteiger partial charge on any atom is -0.398 e. The molecule has 0 aliphatic carbocycles. The van der Waals surface area contributed by atoms with Crippen LogP contribution in [0.1, 0.15) is 10.4 Å². The minimum atomic E-state index is -0.572. The number of nitrogen functional groups attached to an aromatic ring is 2. The Kier molecular flexibility index (Phi) is 1.57. The van der Waals surface area contributed by atoms with Crippen LogP contribution in [0.4, 0.5) is 11.6 Å². The first-order chi connectivity index (χ1) is 6.58. The summed E-state index contributed by atoms with van der Waals surface area (Å²) in [5.74, 6) is -0.293. The first kappa shape index (κ1) is 8.36. The Hall–Kier alpha value is -2.24. The van der Waals surface area contributed by atoms with E-state index in [1.807, 2.05) is 0 Å². The Morgan fingerprint density at radius 2 is 2.07 bits per heavy atom. The van der Waals surface area contributed by atoms with Gasteiger partial charge in [0.15, 0.2) is 5.95 Å². The molecule has 6 heteroatoms. The third-order valence-corrected chi connectivity index (χ3v) is 1.94. The monoisotopic (exact) mass is 191 g/mol. The number of aromatic nitrogens is 2. The Bertz CT molecular complexity index is 516. The van der Waals surface area contributed by atoms with Crippen LogP contribution in [0.15, 0.2) is 12.1 Å². The zero-order chi connectivity index (χ0) is 10.3. The molecule has 6 nitrogen and oxygen atoms in total. The number of benzene rings is 1. The molecule has 0 atom stereocenters. The fourth-order valence-corrected chi connectivity index (χ4v) is 1.31. The molecule has 1 heterocycles. The van der Waals surface area contributed by atoms with Crippen molar-refractivity contribution in [1.29, 1.82) is 0 Å². The highest BCUT2D eigenvalue weighted by molar-refractivity contribution is 6.02. The average Bonchev–Trinajstić information content (AvgIpc) is 2.42. The van der Waals surface area contributed by atoms with Crippen LogP contribution in [0.3, 0.4) is 0 Å². The summed E-state index contributed by atoms with van der Waals surface area (Å²) in [6, 6.07) is 3.10. The van der Waals surface area contributed by atoms with Gasteiger partial charge in [0.1, 0.15) is 0 Å². The zero-order valence-electron chi connectivity index (χ0n) is 7.24. The standard InChI is InChI=1S/C8H9N5O/c9-4-2-6-5(12-8(11)13-6)1-3(4)7(10)14/h1-2H,9H2,(H2,10,14)(H3,11,12,13). The molecule has 0 aliphatic rings. The number of amides is 1. The molecular formula is C8H9N5O. The van der Waals surface area contributed by atoms with Gasteiger partial charge in [-0.15, -0.1) is 0 Å². The number of aromatic amines is 1. The van der Waals surface area contributed by atoms with Crippen molar-refractivity contribution >= 4 is 28.6 Å². The SMILES string of the molecule is NC(=O)c1cc2[nH]c(N)nc2cc1N. The molecular weight excluding hydrogens is 182 g/mol. The summed E-state index contributed by atoms with van der Waals surface area (Å²) in [6.45, 7) is 0. The normalized spacial score (nSPS) is 10.6. The maximum atomic E-state index is 10.9. The molecule has 1 amide bonds. The predicted octanol–water partition coefficient (Wildman–Crippen LogP) is -0.174. The summed E-state index contributed by atoms with van der Waals surface area (Å²) >= 11 is 0. The Morgan fingerprint density at radius 1 is 1.36 bits per heavy atom. The van der Waals surface area contributed by atoms with E-state index in [-0.39, 0.29) is 11.5 Å². The molecule has 0 aliphatic heterocycles. The largest absolute Gasteiger partial charge is 0.398 e. The Morgan fingerprint density at radius 3 is 2.71 bits per heavy atom. The van der Waals surface area contributed by atoms with Crippen molar-refractivity contribution in [1.82, 2.24) is 9.97 Å². The highest BCUT2D eigenvalue weighted by Crippen LogP contribution is 2.20. The number of hydrogen-bond donors (Lipinski definition) is 4. The second-order valence-electron chi connectivity index (χ2n) is 2.94. The molecule has 0 saturated carbocycles.